The molecule has 0 amide bonds. The number of hydrogen-bond donors (Lipinski definition) is 1. The summed E-state index contributed by atoms with van der Waals surface area (Å²) < 4.78 is 33.1. The van der Waals surface area contributed by atoms with E-state index < -0.39 is 11.6 Å². The van der Waals surface area contributed by atoms with Crippen molar-refractivity contribution < 1.29 is 18.3 Å². The Morgan fingerprint density at radius 2 is 1.87 bits per heavy atom. The number of benzene rings is 2. The van der Waals surface area contributed by atoms with Crippen molar-refractivity contribution in [1.29, 1.82) is 0 Å². The van der Waals surface area contributed by atoms with Crippen LogP contribution in [0.3, 0.4) is 0 Å². The van der Waals surface area contributed by atoms with Crippen molar-refractivity contribution in [2.75, 3.05) is 20.2 Å². The van der Waals surface area contributed by atoms with E-state index in [9.17, 15) is 18.4 Å². The Kier molecular flexibility index (Phi) is 7.03. The zero-order valence-corrected chi connectivity index (χ0v) is 16.4. The minimum atomic E-state index is -0.985. The summed E-state index contributed by atoms with van der Waals surface area (Å²) in [5.74, 6) is -2.27. The fourth-order valence-electron chi connectivity index (χ4n) is 2.87. The van der Waals surface area contributed by atoms with Crippen LogP contribution >= 0.6 is 0 Å². The van der Waals surface area contributed by atoms with Gasteiger partial charge in [-0.1, -0.05) is 24.3 Å². The maximum absolute atomic E-state index is 13.5. The van der Waals surface area contributed by atoms with E-state index in [1.807, 2.05) is 6.07 Å². The van der Waals surface area contributed by atoms with Crippen molar-refractivity contribution in [3.63, 3.8) is 0 Å². The van der Waals surface area contributed by atoms with E-state index in [0.717, 1.165) is 23.3 Å². The maximum atomic E-state index is 13.5. The Morgan fingerprint density at radius 3 is 2.63 bits per heavy atom. The molecule has 0 fully saturated rings. The predicted octanol–water partition coefficient (Wildman–Crippen LogP) is 2.54. The number of esters is 1. The first-order chi connectivity index (χ1) is 14.5. The van der Waals surface area contributed by atoms with E-state index in [1.54, 1.807) is 25.2 Å². The summed E-state index contributed by atoms with van der Waals surface area (Å²) in [6.07, 6.45) is 0.120. The molecule has 0 aliphatic rings. The fourth-order valence-corrected chi connectivity index (χ4v) is 2.87. The number of rotatable bonds is 8. The second kappa shape index (κ2) is 9.89. The second-order valence-corrected chi connectivity index (χ2v) is 6.66. The van der Waals surface area contributed by atoms with Gasteiger partial charge in [-0.25, -0.2) is 13.5 Å². The number of hydrogen-bond acceptors (Lipinski definition) is 5. The molecule has 0 unspecified atom stereocenters. The summed E-state index contributed by atoms with van der Waals surface area (Å²) >= 11 is 0. The maximum Gasteiger partial charge on any atom is 0.310 e. The number of halogens is 2. The standard InChI is InChI=1S/C22H21F2N3O3/c1-25-9-10-30-22(29)12-15-3-2-4-16(11-15)14-27-21(28)8-7-20(26-27)17-5-6-18(23)19(24)13-17/h2-8,11,13,25H,9-10,12,14H2,1H3. The summed E-state index contributed by atoms with van der Waals surface area (Å²) in [7, 11) is 1.77. The molecule has 30 heavy (non-hydrogen) atoms. The van der Waals surface area contributed by atoms with Gasteiger partial charge in [0.2, 0.25) is 0 Å². The third kappa shape index (κ3) is 5.57. The zero-order valence-electron chi connectivity index (χ0n) is 16.4. The molecule has 1 aromatic heterocycles. The molecule has 0 bridgehead atoms. The van der Waals surface area contributed by atoms with Crippen LogP contribution < -0.4 is 10.9 Å². The minimum absolute atomic E-state index is 0.120. The first-order valence-corrected chi connectivity index (χ1v) is 9.38. The van der Waals surface area contributed by atoms with Crippen LogP contribution in [0.2, 0.25) is 0 Å². The first-order valence-electron chi connectivity index (χ1n) is 9.38. The molecule has 0 spiro atoms. The van der Waals surface area contributed by atoms with Crippen LogP contribution in [0.5, 0.6) is 0 Å². The number of nitrogens with zero attached hydrogens (tertiary/aromatic N) is 2. The summed E-state index contributed by atoms with van der Waals surface area (Å²) in [5, 5.41) is 7.16. The average Bonchev–Trinajstić information content (AvgIpc) is 2.72. The molecular weight excluding hydrogens is 392 g/mol. The molecule has 6 nitrogen and oxygen atoms in total. The molecule has 2 aromatic carbocycles. The highest BCUT2D eigenvalue weighted by molar-refractivity contribution is 5.72. The van der Waals surface area contributed by atoms with Gasteiger partial charge in [0, 0.05) is 18.2 Å². The van der Waals surface area contributed by atoms with Gasteiger partial charge in [-0.2, -0.15) is 5.10 Å². The van der Waals surface area contributed by atoms with Crippen molar-refractivity contribution in [2.45, 2.75) is 13.0 Å². The fraction of sp³-hybridized carbons (Fsp3) is 0.227. The summed E-state index contributed by atoms with van der Waals surface area (Å²) in [4.78, 5) is 24.1. The quantitative estimate of drug-likeness (QED) is 0.454. The molecule has 1 heterocycles. The lowest BCUT2D eigenvalue weighted by Gasteiger charge is -2.09. The van der Waals surface area contributed by atoms with Crippen LogP contribution in [0.25, 0.3) is 11.3 Å². The van der Waals surface area contributed by atoms with Crippen LogP contribution in [-0.4, -0.2) is 35.9 Å². The molecule has 3 aromatic rings. The van der Waals surface area contributed by atoms with Gasteiger partial charge in [-0.05, 0) is 42.4 Å². The molecule has 0 atom stereocenters. The van der Waals surface area contributed by atoms with Gasteiger partial charge in [0.05, 0.1) is 18.7 Å². The highest BCUT2D eigenvalue weighted by atomic mass is 19.2. The van der Waals surface area contributed by atoms with Crippen LogP contribution in [0.4, 0.5) is 8.78 Å². The van der Waals surface area contributed by atoms with E-state index in [4.69, 9.17) is 4.74 Å². The van der Waals surface area contributed by atoms with Gasteiger partial charge in [0.1, 0.15) is 6.61 Å². The van der Waals surface area contributed by atoms with Crippen molar-refractivity contribution in [2.24, 2.45) is 0 Å². The molecule has 0 radical (unpaired) electrons. The van der Waals surface area contributed by atoms with E-state index in [2.05, 4.69) is 10.4 Å². The molecule has 0 aliphatic carbocycles. The van der Waals surface area contributed by atoms with Crippen molar-refractivity contribution in [1.82, 2.24) is 15.1 Å². The third-order valence-electron chi connectivity index (χ3n) is 4.37. The van der Waals surface area contributed by atoms with Crippen LogP contribution in [0.15, 0.2) is 59.4 Å². The highest BCUT2D eigenvalue weighted by Crippen LogP contribution is 2.18. The number of likely N-dealkylation sites (N-methyl/N-ethyl adjacent to an activating group) is 1. The topological polar surface area (TPSA) is 73.2 Å². The van der Waals surface area contributed by atoms with E-state index in [0.29, 0.717) is 24.4 Å². The Balaban J connectivity index is 1.77. The number of aromatic nitrogens is 2. The number of carbonyl (C=O) groups excluding carboxylic acids is 1. The largest absolute Gasteiger partial charge is 0.464 e. The minimum Gasteiger partial charge on any atom is -0.464 e. The number of ether oxygens (including phenoxy) is 1. The van der Waals surface area contributed by atoms with Gasteiger partial charge >= 0.3 is 5.97 Å². The van der Waals surface area contributed by atoms with Crippen molar-refractivity contribution >= 4 is 5.97 Å². The molecule has 0 saturated heterocycles. The van der Waals surface area contributed by atoms with Gasteiger partial charge in [0.15, 0.2) is 11.6 Å². The van der Waals surface area contributed by atoms with E-state index >= 15 is 0 Å². The highest BCUT2D eigenvalue weighted by Gasteiger charge is 2.09. The van der Waals surface area contributed by atoms with Crippen LogP contribution in [0, 0.1) is 11.6 Å². The Hall–Kier alpha value is -3.39. The number of carbonyl (C=O) groups is 1. The third-order valence-corrected chi connectivity index (χ3v) is 4.37. The SMILES string of the molecule is CNCCOC(=O)Cc1cccc(Cn2nc(-c3ccc(F)c(F)c3)ccc2=O)c1. The molecule has 0 saturated carbocycles. The van der Waals surface area contributed by atoms with Crippen LogP contribution in [0.1, 0.15) is 11.1 Å². The second-order valence-electron chi connectivity index (χ2n) is 6.66. The Labute approximate surface area is 172 Å². The summed E-state index contributed by atoms with van der Waals surface area (Å²) in [6, 6.07) is 13.4. The normalized spacial score (nSPS) is 10.8. The lowest BCUT2D eigenvalue weighted by molar-refractivity contribution is -0.142. The molecule has 0 aliphatic heterocycles. The molecule has 1 N–H and O–H groups in total. The van der Waals surface area contributed by atoms with E-state index in [-0.39, 0.29) is 24.5 Å². The van der Waals surface area contributed by atoms with Gasteiger partial charge in [-0.15, -0.1) is 0 Å². The molecular formula is C22H21F2N3O3. The summed E-state index contributed by atoms with van der Waals surface area (Å²) in [6.45, 7) is 1.04. The Morgan fingerprint density at radius 1 is 1.07 bits per heavy atom. The van der Waals surface area contributed by atoms with Gasteiger partial charge in [-0.3, -0.25) is 9.59 Å². The molecule has 8 heteroatoms. The monoisotopic (exact) mass is 413 g/mol. The average molecular weight is 413 g/mol. The summed E-state index contributed by atoms with van der Waals surface area (Å²) in [5.41, 5.74) is 1.90. The predicted molar refractivity (Wildman–Crippen MR) is 108 cm³/mol. The smallest absolute Gasteiger partial charge is 0.310 e. The van der Waals surface area contributed by atoms with Gasteiger partial charge in [0.25, 0.3) is 5.56 Å². The number of nitrogens with one attached hydrogen (secondary N) is 1. The first kappa shape index (κ1) is 21.3. The zero-order chi connectivity index (χ0) is 21.5. The van der Waals surface area contributed by atoms with E-state index in [1.165, 1.54) is 22.9 Å². The van der Waals surface area contributed by atoms with Crippen molar-refractivity contribution in [3.8, 4) is 11.3 Å². The Bertz CT molecular complexity index is 1100. The van der Waals surface area contributed by atoms with Crippen molar-refractivity contribution in [3.05, 3.63) is 87.7 Å². The molecule has 156 valence electrons. The lowest BCUT2D eigenvalue weighted by Crippen LogP contribution is -2.23. The van der Waals surface area contributed by atoms with Gasteiger partial charge < -0.3 is 10.1 Å². The molecule has 3 rings (SSSR count). The lowest BCUT2D eigenvalue weighted by atomic mass is 10.1. The van der Waals surface area contributed by atoms with Crippen LogP contribution in [-0.2, 0) is 22.5 Å².